The van der Waals surface area contributed by atoms with Gasteiger partial charge in [0.1, 0.15) is 5.56 Å². The van der Waals surface area contributed by atoms with Crippen LogP contribution < -0.4 is 0 Å². The Morgan fingerprint density at radius 2 is 1.81 bits per heavy atom. The van der Waals surface area contributed by atoms with Crippen molar-refractivity contribution in [2.45, 2.75) is 31.6 Å². The van der Waals surface area contributed by atoms with Crippen LogP contribution in [0.4, 0.5) is 26.3 Å². The molecule has 1 aliphatic rings. The zero-order valence-corrected chi connectivity index (χ0v) is 22.6. The molecular weight excluding hydrogens is 588 g/mol. The Hall–Kier alpha value is -3.97. The molecule has 1 aliphatic heterocycles. The zero-order chi connectivity index (χ0) is 30.4. The molecular formula is C28H22ClF6N5O2. The molecule has 0 spiro atoms. The van der Waals surface area contributed by atoms with Gasteiger partial charge in [-0.3, -0.25) is 4.98 Å². The van der Waals surface area contributed by atoms with Crippen molar-refractivity contribution in [1.29, 1.82) is 0 Å². The lowest BCUT2D eigenvalue weighted by Crippen LogP contribution is -2.46. The standard InChI is InChI=1S/C28H22ClF6N5O2/c1-15-9-16(5-6-19(15)17-13-39(14-17)8-7-27(30,31)32)24-20(10-18(29)11-36-24)22-3-2-4-23(38-22)40-25(28(33,34)35)21(12-37-40)26(41)42/h2-6,9-12,17H,7-8,13-14H2,1H3,(H,41,42). The van der Waals surface area contributed by atoms with Crippen molar-refractivity contribution in [3.05, 3.63) is 82.3 Å². The van der Waals surface area contributed by atoms with Gasteiger partial charge in [-0.25, -0.2) is 14.5 Å². The van der Waals surface area contributed by atoms with Gasteiger partial charge in [0.2, 0.25) is 0 Å². The average Bonchev–Trinajstić information content (AvgIpc) is 3.35. The maximum atomic E-state index is 13.8. The van der Waals surface area contributed by atoms with E-state index in [9.17, 15) is 36.2 Å². The minimum absolute atomic E-state index is 0.0398. The highest BCUT2D eigenvalue weighted by atomic mass is 35.5. The summed E-state index contributed by atoms with van der Waals surface area (Å²) in [5, 5.41) is 13.1. The molecule has 1 aromatic carbocycles. The second kappa shape index (κ2) is 11.0. The minimum atomic E-state index is -5.01. The summed E-state index contributed by atoms with van der Waals surface area (Å²) in [6.07, 6.45) is -8.02. The van der Waals surface area contributed by atoms with E-state index in [1.165, 1.54) is 18.3 Å². The van der Waals surface area contributed by atoms with Crippen LogP contribution in [0.1, 0.15) is 39.5 Å². The molecule has 1 N–H and O–H groups in total. The third-order valence-corrected chi connectivity index (χ3v) is 7.21. The fourth-order valence-electron chi connectivity index (χ4n) is 5.02. The highest BCUT2D eigenvalue weighted by Gasteiger charge is 2.41. The van der Waals surface area contributed by atoms with Crippen LogP contribution in [-0.4, -0.2) is 61.5 Å². The van der Waals surface area contributed by atoms with Gasteiger partial charge in [0.25, 0.3) is 0 Å². The fourth-order valence-corrected chi connectivity index (χ4v) is 5.18. The predicted molar refractivity (Wildman–Crippen MR) is 142 cm³/mol. The number of halogens is 7. The van der Waals surface area contributed by atoms with E-state index in [0.29, 0.717) is 40.8 Å². The summed E-state index contributed by atoms with van der Waals surface area (Å²) >= 11 is 6.23. The molecule has 4 aromatic rings. The summed E-state index contributed by atoms with van der Waals surface area (Å²) in [4.78, 5) is 22.0. The Bertz CT molecular complexity index is 1650. The average molecular weight is 610 g/mol. The van der Waals surface area contributed by atoms with E-state index >= 15 is 0 Å². The van der Waals surface area contributed by atoms with Crippen molar-refractivity contribution in [2.75, 3.05) is 19.6 Å². The smallest absolute Gasteiger partial charge is 0.434 e. The van der Waals surface area contributed by atoms with Gasteiger partial charge in [-0.05, 0) is 42.3 Å². The lowest BCUT2D eigenvalue weighted by Gasteiger charge is -2.40. The number of benzene rings is 1. The minimum Gasteiger partial charge on any atom is -0.478 e. The summed E-state index contributed by atoms with van der Waals surface area (Å²) in [7, 11) is 0. The van der Waals surface area contributed by atoms with Crippen molar-refractivity contribution < 1.29 is 36.2 Å². The summed E-state index contributed by atoms with van der Waals surface area (Å²) in [6.45, 7) is 2.90. The molecule has 1 fully saturated rings. The van der Waals surface area contributed by atoms with E-state index in [4.69, 9.17) is 11.6 Å². The lowest BCUT2D eigenvalue weighted by atomic mass is 9.87. The predicted octanol–water partition coefficient (Wildman–Crippen LogP) is 7.03. The molecule has 0 unspecified atom stereocenters. The third kappa shape index (κ3) is 6.12. The maximum Gasteiger partial charge on any atom is 0.434 e. The van der Waals surface area contributed by atoms with Crippen molar-refractivity contribution in [2.24, 2.45) is 0 Å². The van der Waals surface area contributed by atoms with Crippen LogP contribution in [0, 0.1) is 6.92 Å². The number of likely N-dealkylation sites (tertiary alicyclic amines) is 1. The van der Waals surface area contributed by atoms with Gasteiger partial charge in [0.15, 0.2) is 11.5 Å². The van der Waals surface area contributed by atoms with Gasteiger partial charge in [-0.1, -0.05) is 29.8 Å². The molecule has 4 heterocycles. The van der Waals surface area contributed by atoms with Crippen LogP contribution in [0.5, 0.6) is 0 Å². The normalized spacial score (nSPS) is 14.7. The Kier molecular flexibility index (Phi) is 7.75. The van der Waals surface area contributed by atoms with E-state index in [1.54, 1.807) is 17.0 Å². The molecule has 3 aromatic heterocycles. The van der Waals surface area contributed by atoms with Crippen LogP contribution in [0.25, 0.3) is 28.3 Å². The second-order valence-corrected chi connectivity index (χ2v) is 10.4. The highest BCUT2D eigenvalue weighted by Crippen LogP contribution is 2.37. The Balaban J connectivity index is 1.46. The van der Waals surface area contributed by atoms with Crippen molar-refractivity contribution in [1.82, 2.24) is 24.6 Å². The maximum absolute atomic E-state index is 13.8. The number of nitrogens with zero attached hydrogens (tertiary/aromatic N) is 5. The fraction of sp³-hybridized carbons (Fsp3) is 0.286. The number of aromatic nitrogens is 4. The van der Waals surface area contributed by atoms with Crippen LogP contribution in [0.3, 0.4) is 0 Å². The van der Waals surface area contributed by atoms with Crippen LogP contribution in [-0.2, 0) is 6.18 Å². The SMILES string of the molecule is Cc1cc(-c2ncc(Cl)cc2-c2cccc(-n3ncc(C(=O)O)c3C(F)(F)F)n2)ccc1C1CN(CCC(F)(F)F)C1. The Morgan fingerprint density at radius 1 is 1.07 bits per heavy atom. The number of carbonyl (C=O) groups is 1. The first-order chi connectivity index (χ1) is 19.7. The first-order valence-electron chi connectivity index (χ1n) is 12.6. The number of alkyl halides is 6. The number of aromatic carboxylic acids is 1. The third-order valence-electron chi connectivity index (χ3n) is 7.00. The molecule has 1 saturated heterocycles. The molecule has 220 valence electrons. The summed E-state index contributed by atoms with van der Waals surface area (Å²) < 4.78 is 79.4. The second-order valence-electron chi connectivity index (χ2n) is 9.95. The molecule has 0 aliphatic carbocycles. The Labute approximate surface area is 240 Å². The van der Waals surface area contributed by atoms with E-state index in [2.05, 4.69) is 15.1 Å². The van der Waals surface area contributed by atoms with Crippen LogP contribution in [0.15, 0.2) is 54.9 Å². The topological polar surface area (TPSA) is 84.1 Å². The van der Waals surface area contributed by atoms with Gasteiger partial charge < -0.3 is 10.0 Å². The molecule has 42 heavy (non-hydrogen) atoms. The van der Waals surface area contributed by atoms with E-state index in [1.807, 2.05) is 25.1 Å². The van der Waals surface area contributed by atoms with E-state index in [0.717, 1.165) is 11.1 Å². The van der Waals surface area contributed by atoms with Gasteiger partial charge in [0.05, 0.1) is 29.0 Å². The van der Waals surface area contributed by atoms with Gasteiger partial charge >= 0.3 is 18.3 Å². The van der Waals surface area contributed by atoms with E-state index in [-0.39, 0.29) is 29.0 Å². The molecule has 0 saturated carbocycles. The van der Waals surface area contributed by atoms with E-state index < -0.39 is 36.0 Å². The quantitative estimate of drug-likeness (QED) is 0.227. The number of hydrogen-bond acceptors (Lipinski definition) is 5. The van der Waals surface area contributed by atoms with Gasteiger partial charge in [-0.15, -0.1) is 0 Å². The molecule has 0 radical (unpaired) electrons. The molecule has 0 atom stereocenters. The number of rotatable bonds is 7. The number of hydrogen-bond donors (Lipinski definition) is 1. The number of pyridine rings is 2. The van der Waals surface area contributed by atoms with Crippen LogP contribution in [0.2, 0.25) is 5.02 Å². The van der Waals surface area contributed by atoms with Crippen LogP contribution >= 0.6 is 11.6 Å². The van der Waals surface area contributed by atoms with Crippen molar-refractivity contribution in [3.8, 4) is 28.3 Å². The first-order valence-corrected chi connectivity index (χ1v) is 13.0. The summed E-state index contributed by atoms with van der Waals surface area (Å²) in [5.41, 5.74) is 1.19. The number of carboxylic acids is 1. The summed E-state index contributed by atoms with van der Waals surface area (Å²) in [5.74, 6) is -1.94. The van der Waals surface area contributed by atoms with Gasteiger partial charge in [0, 0.05) is 42.9 Å². The molecule has 14 heteroatoms. The van der Waals surface area contributed by atoms with Crippen molar-refractivity contribution >= 4 is 17.6 Å². The lowest BCUT2D eigenvalue weighted by molar-refractivity contribution is -0.143. The molecule has 7 nitrogen and oxygen atoms in total. The van der Waals surface area contributed by atoms with Crippen molar-refractivity contribution in [3.63, 3.8) is 0 Å². The highest BCUT2D eigenvalue weighted by molar-refractivity contribution is 6.30. The molecule has 0 amide bonds. The largest absolute Gasteiger partial charge is 0.478 e. The molecule has 5 rings (SSSR count). The zero-order valence-electron chi connectivity index (χ0n) is 21.8. The first kappa shape index (κ1) is 29.5. The number of carboxylic acid groups (broad SMARTS) is 1. The monoisotopic (exact) mass is 609 g/mol. The summed E-state index contributed by atoms with van der Waals surface area (Å²) in [6, 6.07) is 11.4. The Morgan fingerprint density at radius 3 is 2.45 bits per heavy atom. The number of aryl methyl sites for hydroxylation is 1. The van der Waals surface area contributed by atoms with Gasteiger partial charge in [-0.2, -0.15) is 31.4 Å². The molecule has 0 bridgehead atoms.